The van der Waals surface area contributed by atoms with Gasteiger partial charge in [-0.25, -0.2) is 4.79 Å². The van der Waals surface area contributed by atoms with E-state index in [9.17, 15) is 4.79 Å². The minimum atomic E-state index is -0.908. The highest BCUT2D eigenvalue weighted by Crippen LogP contribution is 2.18. The summed E-state index contributed by atoms with van der Waals surface area (Å²) in [5.41, 5.74) is 7.19. The van der Waals surface area contributed by atoms with Crippen molar-refractivity contribution in [3.8, 4) is 0 Å². The third-order valence-electron chi connectivity index (χ3n) is 2.26. The molecule has 3 heteroatoms. The van der Waals surface area contributed by atoms with Crippen molar-refractivity contribution in [3.63, 3.8) is 0 Å². The van der Waals surface area contributed by atoms with Crippen molar-refractivity contribution in [2.24, 2.45) is 11.7 Å². The molecule has 0 fully saturated rings. The van der Waals surface area contributed by atoms with Crippen LogP contribution >= 0.6 is 0 Å². The van der Waals surface area contributed by atoms with E-state index in [0.29, 0.717) is 11.5 Å². The van der Waals surface area contributed by atoms with Crippen LogP contribution in [0.3, 0.4) is 0 Å². The Morgan fingerprint density at radius 2 is 1.79 bits per heavy atom. The van der Waals surface area contributed by atoms with Crippen LogP contribution in [0.1, 0.15) is 35.8 Å². The van der Waals surface area contributed by atoms with E-state index >= 15 is 0 Å². The maximum absolute atomic E-state index is 10.6. The molecule has 3 nitrogen and oxygen atoms in total. The molecular weight excluding hydrogens is 178 g/mol. The van der Waals surface area contributed by atoms with Gasteiger partial charge in [0.05, 0.1) is 5.56 Å². The molecule has 14 heavy (non-hydrogen) atoms. The molecule has 3 N–H and O–H groups in total. The fourth-order valence-corrected chi connectivity index (χ4v) is 1.23. The summed E-state index contributed by atoms with van der Waals surface area (Å²) >= 11 is 0. The molecular formula is C11H15NO2. The van der Waals surface area contributed by atoms with Crippen LogP contribution in [-0.4, -0.2) is 11.1 Å². The van der Waals surface area contributed by atoms with Crippen molar-refractivity contribution in [3.05, 3.63) is 35.4 Å². The summed E-state index contributed by atoms with van der Waals surface area (Å²) in [7, 11) is 0. The average molecular weight is 193 g/mol. The maximum Gasteiger partial charge on any atom is 0.335 e. The summed E-state index contributed by atoms with van der Waals surface area (Å²) in [6.45, 7) is 4.07. The van der Waals surface area contributed by atoms with E-state index in [1.807, 2.05) is 13.8 Å². The van der Waals surface area contributed by atoms with Crippen molar-refractivity contribution < 1.29 is 9.90 Å². The summed E-state index contributed by atoms with van der Waals surface area (Å²) in [6, 6.07) is 6.68. The Morgan fingerprint density at radius 3 is 2.14 bits per heavy atom. The van der Waals surface area contributed by atoms with E-state index in [1.165, 1.54) is 0 Å². The molecule has 0 saturated carbocycles. The van der Waals surface area contributed by atoms with Gasteiger partial charge in [0.2, 0.25) is 0 Å². The summed E-state index contributed by atoms with van der Waals surface area (Å²) in [5.74, 6) is -0.555. The molecule has 0 radical (unpaired) electrons. The first-order valence-electron chi connectivity index (χ1n) is 4.61. The number of benzene rings is 1. The van der Waals surface area contributed by atoms with Crippen LogP contribution in [0.25, 0.3) is 0 Å². The van der Waals surface area contributed by atoms with Crippen LogP contribution < -0.4 is 5.73 Å². The number of carboxylic acids is 1. The van der Waals surface area contributed by atoms with Crippen LogP contribution in [0.5, 0.6) is 0 Å². The summed E-state index contributed by atoms with van der Waals surface area (Å²) in [6.07, 6.45) is 0. The van der Waals surface area contributed by atoms with E-state index in [2.05, 4.69) is 0 Å². The first-order valence-corrected chi connectivity index (χ1v) is 4.61. The second-order valence-electron chi connectivity index (χ2n) is 3.70. The molecule has 0 saturated heterocycles. The minimum Gasteiger partial charge on any atom is -0.478 e. The summed E-state index contributed by atoms with van der Waals surface area (Å²) in [5, 5.41) is 8.69. The minimum absolute atomic E-state index is 0.0298. The van der Waals surface area contributed by atoms with Gasteiger partial charge in [0.25, 0.3) is 0 Å². The Bertz CT molecular complexity index is 317. The zero-order chi connectivity index (χ0) is 10.7. The van der Waals surface area contributed by atoms with Gasteiger partial charge in [0.15, 0.2) is 0 Å². The molecule has 1 rings (SSSR count). The summed E-state index contributed by atoms with van der Waals surface area (Å²) < 4.78 is 0. The number of rotatable bonds is 3. The quantitative estimate of drug-likeness (QED) is 0.772. The van der Waals surface area contributed by atoms with Gasteiger partial charge >= 0.3 is 5.97 Å². The van der Waals surface area contributed by atoms with Crippen molar-refractivity contribution in [1.29, 1.82) is 0 Å². The first kappa shape index (κ1) is 10.7. The Balaban J connectivity index is 2.88. The molecule has 1 aromatic carbocycles. The van der Waals surface area contributed by atoms with Gasteiger partial charge in [-0.3, -0.25) is 0 Å². The fraction of sp³-hybridized carbons (Fsp3) is 0.364. The monoisotopic (exact) mass is 193 g/mol. The van der Waals surface area contributed by atoms with E-state index in [4.69, 9.17) is 10.8 Å². The molecule has 0 bridgehead atoms. The van der Waals surface area contributed by atoms with Crippen molar-refractivity contribution in [1.82, 2.24) is 0 Å². The molecule has 0 heterocycles. The molecule has 1 aromatic rings. The zero-order valence-corrected chi connectivity index (χ0v) is 8.40. The van der Waals surface area contributed by atoms with Crippen LogP contribution in [-0.2, 0) is 0 Å². The molecule has 0 aromatic heterocycles. The molecule has 1 atom stereocenters. The van der Waals surface area contributed by atoms with Gasteiger partial charge in [0, 0.05) is 6.04 Å². The van der Waals surface area contributed by atoms with Gasteiger partial charge in [-0.1, -0.05) is 26.0 Å². The van der Waals surface area contributed by atoms with Crippen molar-refractivity contribution in [2.45, 2.75) is 19.9 Å². The van der Waals surface area contributed by atoms with Crippen LogP contribution in [0.2, 0.25) is 0 Å². The lowest BCUT2D eigenvalue weighted by molar-refractivity contribution is 0.0697. The van der Waals surface area contributed by atoms with Gasteiger partial charge in [0.1, 0.15) is 0 Å². The molecule has 0 amide bonds. The smallest absolute Gasteiger partial charge is 0.335 e. The maximum atomic E-state index is 10.6. The van der Waals surface area contributed by atoms with E-state index in [1.54, 1.807) is 24.3 Å². The Hall–Kier alpha value is -1.35. The number of aromatic carboxylic acids is 1. The second kappa shape index (κ2) is 4.24. The lowest BCUT2D eigenvalue weighted by atomic mass is 9.96. The first-order chi connectivity index (χ1) is 6.52. The third kappa shape index (κ3) is 2.33. The number of carbonyl (C=O) groups is 1. The number of nitrogens with two attached hydrogens (primary N) is 1. The summed E-state index contributed by atoms with van der Waals surface area (Å²) in [4.78, 5) is 10.6. The zero-order valence-electron chi connectivity index (χ0n) is 8.40. The topological polar surface area (TPSA) is 63.3 Å². The van der Waals surface area contributed by atoms with Gasteiger partial charge in [-0.2, -0.15) is 0 Å². The Labute approximate surface area is 83.6 Å². The second-order valence-corrected chi connectivity index (χ2v) is 3.70. The van der Waals surface area contributed by atoms with Crippen molar-refractivity contribution >= 4 is 5.97 Å². The number of hydrogen-bond donors (Lipinski definition) is 2. The van der Waals surface area contributed by atoms with Crippen LogP contribution in [0.4, 0.5) is 0 Å². The van der Waals surface area contributed by atoms with Crippen LogP contribution in [0.15, 0.2) is 24.3 Å². The molecule has 0 aliphatic rings. The molecule has 0 unspecified atom stereocenters. The SMILES string of the molecule is CC(C)[C@@H](N)c1ccc(C(=O)O)cc1. The Kier molecular flexibility index (Phi) is 3.25. The largest absolute Gasteiger partial charge is 0.478 e. The van der Waals surface area contributed by atoms with Gasteiger partial charge in [-0.15, -0.1) is 0 Å². The fourth-order valence-electron chi connectivity index (χ4n) is 1.23. The number of carboxylic acid groups (broad SMARTS) is 1. The third-order valence-corrected chi connectivity index (χ3v) is 2.26. The highest BCUT2D eigenvalue weighted by molar-refractivity contribution is 5.87. The molecule has 0 spiro atoms. The predicted molar refractivity (Wildman–Crippen MR) is 55.2 cm³/mol. The molecule has 0 aliphatic heterocycles. The van der Waals surface area contributed by atoms with Crippen molar-refractivity contribution in [2.75, 3.05) is 0 Å². The molecule has 76 valence electrons. The van der Waals surface area contributed by atoms with Gasteiger partial charge < -0.3 is 10.8 Å². The normalized spacial score (nSPS) is 12.9. The lowest BCUT2D eigenvalue weighted by Gasteiger charge is -2.15. The van der Waals surface area contributed by atoms with Crippen LogP contribution in [0, 0.1) is 5.92 Å². The van der Waals surface area contributed by atoms with E-state index in [-0.39, 0.29) is 6.04 Å². The average Bonchev–Trinajstić information content (AvgIpc) is 2.16. The highest BCUT2D eigenvalue weighted by atomic mass is 16.4. The van der Waals surface area contributed by atoms with Gasteiger partial charge in [-0.05, 0) is 23.6 Å². The lowest BCUT2D eigenvalue weighted by Crippen LogP contribution is -2.16. The molecule has 0 aliphatic carbocycles. The standard InChI is InChI=1S/C11H15NO2/c1-7(2)10(12)8-3-5-9(6-4-8)11(13)14/h3-7,10H,12H2,1-2H3,(H,13,14)/t10-/m1/s1. The predicted octanol–water partition coefficient (Wildman–Crippen LogP) is 2.04. The highest BCUT2D eigenvalue weighted by Gasteiger charge is 2.10. The van der Waals surface area contributed by atoms with E-state index < -0.39 is 5.97 Å². The number of hydrogen-bond acceptors (Lipinski definition) is 2. The Morgan fingerprint density at radius 1 is 1.29 bits per heavy atom. The van der Waals surface area contributed by atoms with E-state index in [0.717, 1.165) is 5.56 Å².